The summed E-state index contributed by atoms with van der Waals surface area (Å²) in [6.07, 6.45) is 4.07. The highest BCUT2D eigenvalue weighted by Gasteiger charge is 2.32. The number of hydrogen-bond acceptors (Lipinski definition) is 4. The summed E-state index contributed by atoms with van der Waals surface area (Å²) in [4.78, 5) is 0. The number of ether oxygens (including phenoxy) is 3. The zero-order chi connectivity index (χ0) is 12.1. The van der Waals surface area contributed by atoms with Crippen molar-refractivity contribution in [3.05, 3.63) is 0 Å². The van der Waals surface area contributed by atoms with Crippen molar-refractivity contribution in [2.24, 2.45) is 11.8 Å². The van der Waals surface area contributed by atoms with E-state index in [1.165, 1.54) is 0 Å². The molecule has 0 spiro atoms. The Balaban J connectivity index is 1.72. The predicted octanol–water partition coefficient (Wildman–Crippen LogP) is 2.09. The summed E-state index contributed by atoms with van der Waals surface area (Å²) in [6, 6.07) is 2.35. The Morgan fingerprint density at radius 1 is 1.18 bits per heavy atom. The molecule has 4 nitrogen and oxygen atoms in total. The molecule has 0 bridgehead atoms. The Kier molecular flexibility index (Phi) is 4.78. The Morgan fingerprint density at radius 2 is 1.82 bits per heavy atom. The third-order valence-corrected chi connectivity index (χ3v) is 3.63. The molecule has 0 aromatic heterocycles. The van der Waals surface area contributed by atoms with Gasteiger partial charge in [-0.05, 0) is 32.6 Å². The van der Waals surface area contributed by atoms with Crippen LogP contribution in [-0.4, -0.2) is 32.2 Å². The molecule has 0 atom stereocenters. The zero-order valence-corrected chi connectivity index (χ0v) is 10.4. The standard InChI is InChI=1S/C13H21NO3/c1-2-15-12-8-16-13(17-9-12)11-5-3-10(7-14)4-6-11/h10-13H,2-6,8-9H2,1H3. The van der Waals surface area contributed by atoms with Crippen molar-refractivity contribution in [3.63, 3.8) is 0 Å². The first-order chi connectivity index (χ1) is 8.33. The fraction of sp³-hybridized carbons (Fsp3) is 0.923. The van der Waals surface area contributed by atoms with Gasteiger partial charge >= 0.3 is 0 Å². The molecule has 0 aromatic carbocycles. The molecule has 2 fully saturated rings. The summed E-state index contributed by atoms with van der Waals surface area (Å²) in [5.74, 6) is 0.702. The normalized spacial score (nSPS) is 38.6. The summed E-state index contributed by atoms with van der Waals surface area (Å²) in [6.45, 7) is 3.96. The van der Waals surface area contributed by atoms with E-state index in [1.807, 2.05) is 6.92 Å². The highest BCUT2D eigenvalue weighted by atomic mass is 16.7. The molecule has 1 aliphatic carbocycles. The van der Waals surface area contributed by atoms with Crippen molar-refractivity contribution in [1.82, 2.24) is 0 Å². The average Bonchev–Trinajstić information content (AvgIpc) is 2.40. The average molecular weight is 239 g/mol. The third-order valence-electron chi connectivity index (χ3n) is 3.63. The molecular weight excluding hydrogens is 218 g/mol. The van der Waals surface area contributed by atoms with Crippen LogP contribution >= 0.6 is 0 Å². The van der Waals surface area contributed by atoms with E-state index in [4.69, 9.17) is 19.5 Å². The smallest absolute Gasteiger partial charge is 0.160 e. The van der Waals surface area contributed by atoms with Crippen molar-refractivity contribution in [1.29, 1.82) is 5.26 Å². The second kappa shape index (κ2) is 6.34. The number of rotatable bonds is 3. The predicted molar refractivity (Wildman–Crippen MR) is 62.2 cm³/mol. The van der Waals surface area contributed by atoms with Gasteiger partial charge in [-0.15, -0.1) is 0 Å². The fourth-order valence-corrected chi connectivity index (χ4v) is 2.63. The lowest BCUT2D eigenvalue weighted by atomic mass is 9.82. The highest BCUT2D eigenvalue weighted by Crippen LogP contribution is 2.33. The molecule has 96 valence electrons. The third kappa shape index (κ3) is 3.41. The van der Waals surface area contributed by atoms with Crippen LogP contribution in [0.25, 0.3) is 0 Å². The summed E-state index contributed by atoms with van der Waals surface area (Å²) in [7, 11) is 0. The molecule has 1 saturated heterocycles. The van der Waals surface area contributed by atoms with Crippen molar-refractivity contribution in [3.8, 4) is 6.07 Å². The molecule has 0 amide bonds. The SMILES string of the molecule is CCOC1COC(C2CCC(C#N)CC2)OC1. The van der Waals surface area contributed by atoms with Crippen LogP contribution in [0.3, 0.4) is 0 Å². The van der Waals surface area contributed by atoms with E-state index in [9.17, 15) is 0 Å². The van der Waals surface area contributed by atoms with Crippen molar-refractivity contribution >= 4 is 0 Å². The maximum atomic E-state index is 8.85. The summed E-state index contributed by atoms with van der Waals surface area (Å²) in [5, 5.41) is 8.85. The van der Waals surface area contributed by atoms with Crippen molar-refractivity contribution < 1.29 is 14.2 Å². The van der Waals surface area contributed by atoms with Gasteiger partial charge in [0.2, 0.25) is 0 Å². The molecule has 0 aromatic rings. The minimum atomic E-state index is -0.0775. The fourth-order valence-electron chi connectivity index (χ4n) is 2.63. The Bertz CT molecular complexity index is 260. The van der Waals surface area contributed by atoms with Crippen molar-refractivity contribution in [2.75, 3.05) is 19.8 Å². The van der Waals surface area contributed by atoms with Crippen LogP contribution in [0.1, 0.15) is 32.6 Å². The summed E-state index contributed by atoms with van der Waals surface area (Å²) >= 11 is 0. The molecule has 4 heteroatoms. The van der Waals surface area contributed by atoms with Gasteiger partial charge in [0, 0.05) is 18.4 Å². The first kappa shape index (κ1) is 12.8. The van der Waals surface area contributed by atoms with Crippen LogP contribution in [0.15, 0.2) is 0 Å². The lowest BCUT2D eigenvalue weighted by Gasteiger charge is -2.36. The lowest BCUT2D eigenvalue weighted by molar-refractivity contribution is -0.248. The largest absolute Gasteiger partial charge is 0.374 e. The van der Waals surface area contributed by atoms with Crippen molar-refractivity contribution in [2.45, 2.75) is 45.0 Å². The van der Waals surface area contributed by atoms with Gasteiger partial charge in [0.05, 0.1) is 19.3 Å². The van der Waals surface area contributed by atoms with Gasteiger partial charge in [-0.3, -0.25) is 0 Å². The van der Waals surface area contributed by atoms with Crippen LogP contribution < -0.4 is 0 Å². The molecule has 17 heavy (non-hydrogen) atoms. The molecule has 2 rings (SSSR count). The quantitative estimate of drug-likeness (QED) is 0.756. The molecule has 1 saturated carbocycles. The summed E-state index contributed by atoms with van der Waals surface area (Å²) < 4.78 is 16.9. The van der Waals surface area contributed by atoms with Gasteiger partial charge in [-0.25, -0.2) is 0 Å². The topological polar surface area (TPSA) is 51.5 Å². The van der Waals surface area contributed by atoms with Gasteiger partial charge < -0.3 is 14.2 Å². The highest BCUT2D eigenvalue weighted by molar-refractivity contribution is 4.88. The number of nitrogens with zero attached hydrogens (tertiary/aromatic N) is 1. The monoisotopic (exact) mass is 239 g/mol. The van der Waals surface area contributed by atoms with E-state index in [1.54, 1.807) is 0 Å². The maximum absolute atomic E-state index is 8.85. The Morgan fingerprint density at radius 3 is 2.35 bits per heavy atom. The van der Waals surface area contributed by atoms with Gasteiger partial charge in [0.15, 0.2) is 6.29 Å². The molecular formula is C13H21NO3. The van der Waals surface area contributed by atoms with E-state index in [-0.39, 0.29) is 18.3 Å². The van der Waals surface area contributed by atoms with Crippen LogP contribution in [0.5, 0.6) is 0 Å². The molecule has 0 N–H and O–H groups in total. The number of nitriles is 1. The Hall–Kier alpha value is -0.630. The molecule has 1 aliphatic heterocycles. The number of hydrogen-bond donors (Lipinski definition) is 0. The molecule has 2 aliphatic rings. The van der Waals surface area contributed by atoms with Crippen LogP contribution in [0.4, 0.5) is 0 Å². The van der Waals surface area contributed by atoms with E-state index in [2.05, 4.69) is 6.07 Å². The van der Waals surface area contributed by atoms with Crippen LogP contribution in [-0.2, 0) is 14.2 Å². The van der Waals surface area contributed by atoms with E-state index in [0.717, 1.165) is 25.7 Å². The lowest BCUT2D eigenvalue weighted by Crippen LogP contribution is -2.41. The van der Waals surface area contributed by atoms with Gasteiger partial charge in [0.25, 0.3) is 0 Å². The zero-order valence-electron chi connectivity index (χ0n) is 10.4. The van der Waals surface area contributed by atoms with Gasteiger partial charge in [-0.2, -0.15) is 5.26 Å². The minimum Gasteiger partial charge on any atom is -0.374 e. The van der Waals surface area contributed by atoms with Gasteiger partial charge in [-0.1, -0.05) is 0 Å². The van der Waals surface area contributed by atoms with E-state index in [0.29, 0.717) is 25.7 Å². The first-order valence-electron chi connectivity index (χ1n) is 6.58. The van der Waals surface area contributed by atoms with E-state index < -0.39 is 0 Å². The molecule has 0 unspecified atom stereocenters. The molecule has 0 radical (unpaired) electrons. The van der Waals surface area contributed by atoms with Crippen LogP contribution in [0.2, 0.25) is 0 Å². The second-order valence-electron chi connectivity index (χ2n) is 4.85. The molecule has 1 heterocycles. The van der Waals surface area contributed by atoms with Gasteiger partial charge in [0.1, 0.15) is 6.10 Å². The Labute approximate surface area is 103 Å². The maximum Gasteiger partial charge on any atom is 0.160 e. The minimum absolute atomic E-state index is 0.0775. The van der Waals surface area contributed by atoms with Crippen LogP contribution in [0, 0.1) is 23.2 Å². The first-order valence-corrected chi connectivity index (χ1v) is 6.58. The summed E-state index contributed by atoms with van der Waals surface area (Å²) in [5.41, 5.74) is 0. The second-order valence-corrected chi connectivity index (χ2v) is 4.85. The van der Waals surface area contributed by atoms with E-state index >= 15 is 0 Å².